The van der Waals surface area contributed by atoms with Crippen molar-refractivity contribution in [2.45, 2.75) is 18.3 Å². The van der Waals surface area contributed by atoms with Crippen molar-refractivity contribution in [3.63, 3.8) is 0 Å². The predicted octanol–water partition coefficient (Wildman–Crippen LogP) is 1.50. The highest BCUT2D eigenvalue weighted by Crippen LogP contribution is 2.30. The molecule has 8 heteroatoms. The van der Waals surface area contributed by atoms with Gasteiger partial charge in [0.25, 0.3) is 0 Å². The second kappa shape index (κ2) is 5.90. The number of carbonyl (C=O) groups is 1. The summed E-state index contributed by atoms with van der Waals surface area (Å²) in [5.41, 5.74) is -0.771. The third kappa shape index (κ3) is 3.64. The van der Waals surface area contributed by atoms with Crippen LogP contribution in [0, 0.1) is 0 Å². The van der Waals surface area contributed by atoms with Gasteiger partial charge in [-0.05, 0) is 18.2 Å². The zero-order chi connectivity index (χ0) is 15.6. The number of alkyl halides is 3. The van der Waals surface area contributed by atoms with Gasteiger partial charge in [-0.1, -0.05) is 6.07 Å². The second-order valence-corrected chi connectivity index (χ2v) is 4.91. The summed E-state index contributed by atoms with van der Waals surface area (Å²) in [6.07, 6.45) is -5.15. The summed E-state index contributed by atoms with van der Waals surface area (Å²) in [7, 11) is 1.49. The third-order valence-corrected chi connectivity index (χ3v) is 3.41. The molecule has 116 valence electrons. The van der Waals surface area contributed by atoms with Gasteiger partial charge in [0, 0.05) is 25.8 Å². The highest BCUT2D eigenvalue weighted by atomic mass is 19.4. The Labute approximate surface area is 119 Å². The minimum atomic E-state index is -4.46. The lowest BCUT2D eigenvalue weighted by Gasteiger charge is -2.26. The molecule has 0 unspecified atom stereocenters. The number of aliphatic hydroxyl groups excluding tert-OH is 1. The van der Waals surface area contributed by atoms with E-state index in [0.29, 0.717) is 13.1 Å². The maximum atomic E-state index is 12.6. The van der Waals surface area contributed by atoms with Crippen molar-refractivity contribution < 1.29 is 23.1 Å². The number of aliphatic hydroxyl groups is 1. The number of urea groups is 1. The number of β-amino-alcohol motifs (C(OH)–C–C–N with tert-alkyl or cyclic N) is 1. The Morgan fingerprint density at radius 2 is 2.14 bits per heavy atom. The highest BCUT2D eigenvalue weighted by Gasteiger charge is 2.32. The molecule has 2 rings (SSSR count). The van der Waals surface area contributed by atoms with Crippen molar-refractivity contribution in [1.29, 1.82) is 0 Å². The van der Waals surface area contributed by atoms with Gasteiger partial charge in [-0.3, -0.25) is 0 Å². The van der Waals surface area contributed by atoms with Crippen LogP contribution in [0.15, 0.2) is 24.3 Å². The standard InChI is InChI=1S/C13H16F3N3O2/c1-19(10-6-17-7-11(10)20)12(21)18-9-4-2-3-8(5-9)13(14,15)16/h2-5,10-11,17,20H,6-7H2,1H3,(H,18,21)/t10-,11-/m1/s1. The number of amides is 2. The van der Waals surface area contributed by atoms with Gasteiger partial charge in [-0.25, -0.2) is 4.79 Å². The Balaban J connectivity index is 2.06. The first-order chi connectivity index (χ1) is 9.79. The van der Waals surface area contributed by atoms with E-state index < -0.39 is 29.9 Å². The summed E-state index contributed by atoms with van der Waals surface area (Å²) >= 11 is 0. The van der Waals surface area contributed by atoms with Crippen molar-refractivity contribution in [3.05, 3.63) is 29.8 Å². The average molecular weight is 303 g/mol. The topological polar surface area (TPSA) is 64.6 Å². The molecule has 1 aliphatic rings. The molecule has 0 bridgehead atoms. The van der Waals surface area contributed by atoms with Crippen LogP contribution in [0.5, 0.6) is 0 Å². The Hall–Kier alpha value is -1.80. The number of nitrogens with zero attached hydrogens (tertiary/aromatic N) is 1. The fourth-order valence-electron chi connectivity index (χ4n) is 2.18. The quantitative estimate of drug-likeness (QED) is 0.776. The molecule has 0 aromatic heterocycles. The van der Waals surface area contributed by atoms with E-state index in [2.05, 4.69) is 10.6 Å². The zero-order valence-corrected chi connectivity index (χ0v) is 11.3. The number of benzene rings is 1. The molecule has 5 nitrogen and oxygen atoms in total. The van der Waals surface area contributed by atoms with Gasteiger partial charge in [0.05, 0.1) is 17.7 Å². The van der Waals surface area contributed by atoms with E-state index in [0.717, 1.165) is 12.1 Å². The van der Waals surface area contributed by atoms with Crippen molar-refractivity contribution in [3.8, 4) is 0 Å². The number of rotatable bonds is 2. The minimum absolute atomic E-state index is 0.0575. The van der Waals surface area contributed by atoms with Gasteiger partial charge in [-0.2, -0.15) is 13.2 Å². The Kier molecular flexibility index (Phi) is 4.38. The highest BCUT2D eigenvalue weighted by molar-refractivity contribution is 5.89. The van der Waals surface area contributed by atoms with Gasteiger partial charge >= 0.3 is 12.2 Å². The van der Waals surface area contributed by atoms with Crippen LogP contribution in [0.2, 0.25) is 0 Å². The monoisotopic (exact) mass is 303 g/mol. The Bertz CT molecular complexity index is 522. The van der Waals surface area contributed by atoms with E-state index in [4.69, 9.17) is 0 Å². The van der Waals surface area contributed by atoms with Gasteiger partial charge < -0.3 is 20.6 Å². The van der Waals surface area contributed by atoms with E-state index in [-0.39, 0.29) is 5.69 Å². The molecule has 1 aliphatic heterocycles. The van der Waals surface area contributed by atoms with Crippen LogP contribution in [0.3, 0.4) is 0 Å². The van der Waals surface area contributed by atoms with E-state index in [1.165, 1.54) is 24.1 Å². The molecule has 21 heavy (non-hydrogen) atoms. The van der Waals surface area contributed by atoms with Crippen LogP contribution in [0.25, 0.3) is 0 Å². The van der Waals surface area contributed by atoms with E-state index in [1.54, 1.807) is 0 Å². The zero-order valence-electron chi connectivity index (χ0n) is 11.3. The maximum absolute atomic E-state index is 12.6. The number of nitrogens with one attached hydrogen (secondary N) is 2. The summed E-state index contributed by atoms with van der Waals surface area (Å²) in [4.78, 5) is 13.3. The lowest BCUT2D eigenvalue weighted by Crippen LogP contribution is -2.46. The smallest absolute Gasteiger partial charge is 0.390 e. The average Bonchev–Trinajstić information content (AvgIpc) is 2.83. The molecule has 1 heterocycles. The van der Waals surface area contributed by atoms with E-state index in [9.17, 15) is 23.1 Å². The first-order valence-electron chi connectivity index (χ1n) is 6.39. The molecule has 1 fully saturated rings. The van der Waals surface area contributed by atoms with Crippen LogP contribution >= 0.6 is 0 Å². The predicted molar refractivity (Wildman–Crippen MR) is 70.9 cm³/mol. The molecule has 0 spiro atoms. The van der Waals surface area contributed by atoms with E-state index in [1.807, 2.05) is 0 Å². The summed E-state index contributed by atoms with van der Waals surface area (Å²) < 4.78 is 37.8. The van der Waals surface area contributed by atoms with Gasteiger partial charge in [0.2, 0.25) is 0 Å². The number of anilines is 1. The van der Waals surface area contributed by atoms with Crippen LogP contribution < -0.4 is 10.6 Å². The molecule has 1 aromatic carbocycles. The molecular formula is C13H16F3N3O2. The van der Waals surface area contributed by atoms with Crippen molar-refractivity contribution in [1.82, 2.24) is 10.2 Å². The lowest BCUT2D eigenvalue weighted by atomic mass is 10.2. The minimum Gasteiger partial charge on any atom is -0.390 e. The molecule has 0 saturated carbocycles. The largest absolute Gasteiger partial charge is 0.416 e. The first kappa shape index (κ1) is 15.6. The maximum Gasteiger partial charge on any atom is 0.416 e. The van der Waals surface area contributed by atoms with E-state index >= 15 is 0 Å². The molecule has 1 aromatic rings. The molecule has 0 aliphatic carbocycles. The summed E-state index contributed by atoms with van der Waals surface area (Å²) in [5.74, 6) is 0. The second-order valence-electron chi connectivity index (χ2n) is 4.91. The first-order valence-corrected chi connectivity index (χ1v) is 6.39. The van der Waals surface area contributed by atoms with Crippen LogP contribution in [0.1, 0.15) is 5.56 Å². The number of hydrogen-bond donors (Lipinski definition) is 3. The Morgan fingerprint density at radius 1 is 1.43 bits per heavy atom. The van der Waals surface area contributed by atoms with Crippen LogP contribution in [-0.4, -0.2) is 48.3 Å². The number of likely N-dealkylation sites (N-methyl/N-ethyl adjacent to an activating group) is 1. The van der Waals surface area contributed by atoms with Gasteiger partial charge in [0.1, 0.15) is 0 Å². The SMILES string of the molecule is CN(C(=O)Nc1cccc(C(F)(F)F)c1)[C@@H]1CNC[C@H]1O. The van der Waals surface area contributed by atoms with Crippen molar-refractivity contribution in [2.24, 2.45) is 0 Å². The number of carbonyl (C=O) groups excluding carboxylic acids is 1. The molecular weight excluding hydrogens is 287 g/mol. The van der Waals surface area contributed by atoms with Crippen LogP contribution in [0.4, 0.5) is 23.7 Å². The normalized spacial score (nSPS) is 22.1. The lowest BCUT2D eigenvalue weighted by molar-refractivity contribution is -0.137. The summed E-state index contributed by atoms with van der Waals surface area (Å²) in [6, 6.07) is 3.44. The fourth-order valence-corrected chi connectivity index (χ4v) is 2.18. The van der Waals surface area contributed by atoms with Gasteiger partial charge in [-0.15, -0.1) is 0 Å². The molecule has 3 N–H and O–H groups in total. The number of halogens is 3. The van der Waals surface area contributed by atoms with Gasteiger partial charge in [0.15, 0.2) is 0 Å². The molecule has 2 amide bonds. The molecule has 1 saturated heterocycles. The molecule has 0 radical (unpaired) electrons. The van der Waals surface area contributed by atoms with Crippen LogP contribution in [-0.2, 0) is 6.18 Å². The summed E-state index contributed by atoms with van der Waals surface area (Å²) in [5, 5.41) is 15.0. The number of hydrogen-bond acceptors (Lipinski definition) is 3. The fraction of sp³-hybridized carbons (Fsp3) is 0.462. The van der Waals surface area contributed by atoms with Crippen molar-refractivity contribution >= 4 is 11.7 Å². The Morgan fingerprint density at radius 3 is 2.71 bits per heavy atom. The molecule has 2 atom stereocenters. The summed E-state index contributed by atoms with van der Waals surface area (Å²) in [6.45, 7) is 0.819. The third-order valence-electron chi connectivity index (χ3n) is 3.41. The van der Waals surface area contributed by atoms with Crippen molar-refractivity contribution in [2.75, 3.05) is 25.5 Å².